The molecule has 1 aliphatic rings. The number of ether oxygens (including phenoxy) is 3. The summed E-state index contributed by atoms with van der Waals surface area (Å²) in [6, 6.07) is 8.97. The number of phenols is 1. The number of hydrogen-bond donors (Lipinski definition) is 2. The van der Waals surface area contributed by atoms with E-state index in [1.165, 1.54) is 24.3 Å². The van der Waals surface area contributed by atoms with E-state index in [0.717, 1.165) is 4.90 Å². The van der Waals surface area contributed by atoms with Gasteiger partial charge in [-0.3, -0.25) is 4.79 Å². The van der Waals surface area contributed by atoms with Crippen LogP contribution < -0.4 is 9.64 Å². The number of benzene rings is 2. The molecule has 0 radical (unpaired) electrons. The topological polar surface area (TPSA) is 69.4 Å². The molecular weight excluding hydrogens is 377 g/mol. The van der Waals surface area contributed by atoms with Crippen LogP contribution in [0.25, 0.3) is 6.08 Å². The van der Waals surface area contributed by atoms with Gasteiger partial charge in [0.05, 0.1) is 24.3 Å². The van der Waals surface area contributed by atoms with Crippen LogP contribution in [0.1, 0.15) is 21.5 Å². The van der Waals surface area contributed by atoms with Crippen LogP contribution in [-0.2, 0) is 16.0 Å². The average Bonchev–Trinajstić information content (AvgIpc) is 3.01. The first-order valence-electron chi connectivity index (χ1n) is 9.39. The minimum atomic E-state index is -0.392. The van der Waals surface area contributed by atoms with E-state index < -0.39 is 5.82 Å². The molecule has 7 heteroatoms. The molecule has 0 unspecified atom stereocenters. The number of phenolic OH excluding ortho intramolecular Hbond substituents is 1. The van der Waals surface area contributed by atoms with E-state index >= 15 is 0 Å². The molecule has 0 atom stereocenters. The third-order valence-corrected chi connectivity index (χ3v) is 4.81. The molecule has 2 aromatic carbocycles. The normalized spacial score (nSPS) is 14.5. The van der Waals surface area contributed by atoms with Crippen LogP contribution in [0.15, 0.2) is 42.2 Å². The van der Waals surface area contributed by atoms with Gasteiger partial charge in [0.25, 0.3) is 0 Å². The number of ketones is 1. The van der Waals surface area contributed by atoms with E-state index in [2.05, 4.69) is 0 Å². The van der Waals surface area contributed by atoms with Crippen molar-refractivity contribution in [2.75, 3.05) is 40.5 Å². The van der Waals surface area contributed by atoms with Crippen LogP contribution in [0, 0.1) is 5.82 Å². The smallest absolute Gasteiger partial charge is 0.231 e. The van der Waals surface area contributed by atoms with Gasteiger partial charge in [0.15, 0.2) is 11.5 Å². The third-order valence-electron chi connectivity index (χ3n) is 4.81. The number of nitrogens with one attached hydrogen (secondary N) is 1. The van der Waals surface area contributed by atoms with Crippen molar-refractivity contribution in [3.8, 4) is 11.5 Å². The maximum absolute atomic E-state index is 13.5. The van der Waals surface area contributed by atoms with Crippen molar-refractivity contribution in [1.82, 2.24) is 0 Å². The Morgan fingerprint density at radius 2 is 1.86 bits per heavy atom. The van der Waals surface area contributed by atoms with Gasteiger partial charge in [0, 0.05) is 14.2 Å². The zero-order valence-corrected chi connectivity index (χ0v) is 16.5. The quantitative estimate of drug-likeness (QED) is 0.627. The van der Waals surface area contributed by atoms with E-state index in [-0.39, 0.29) is 17.3 Å². The Kier molecular flexibility index (Phi) is 6.98. The fourth-order valence-electron chi connectivity index (χ4n) is 3.26. The maximum Gasteiger partial charge on any atom is 0.231 e. The molecule has 0 fully saturated rings. The molecule has 0 saturated heterocycles. The van der Waals surface area contributed by atoms with Crippen molar-refractivity contribution in [2.45, 2.75) is 6.54 Å². The van der Waals surface area contributed by atoms with E-state index in [4.69, 9.17) is 14.2 Å². The average molecular weight is 402 g/mol. The molecule has 29 heavy (non-hydrogen) atoms. The summed E-state index contributed by atoms with van der Waals surface area (Å²) in [7, 11) is 3.27. The van der Waals surface area contributed by atoms with Crippen molar-refractivity contribution in [3.63, 3.8) is 0 Å². The van der Waals surface area contributed by atoms with Crippen molar-refractivity contribution >= 4 is 11.9 Å². The fraction of sp³-hybridized carbons (Fsp3) is 0.318. The SMILES string of the molecule is COCC[NH+](CCOC)Cc1c(O)ccc2c1O/C(=C\c1cccc(F)c1)C2=O. The number of fused-ring (bicyclic) bond motifs is 1. The minimum Gasteiger partial charge on any atom is -0.507 e. The standard InChI is InChI=1S/C22H24FNO5/c1-27-10-8-24(9-11-28-2)14-18-19(25)7-6-17-21(26)20(29-22(17)18)13-15-4-3-5-16(23)12-15/h3-7,12-13,25H,8-11,14H2,1-2H3/p+1/b20-13-. The Balaban J connectivity index is 1.89. The monoisotopic (exact) mass is 402 g/mol. The Labute approximate surface area is 169 Å². The highest BCUT2D eigenvalue weighted by atomic mass is 19.1. The summed E-state index contributed by atoms with van der Waals surface area (Å²) in [6.07, 6.45) is 1.51. The number of Topliss-reactive ketones (excluding diaryl/α,β-unsaturated/α-hetero) is 1. The summed E-state index contributed by atoms with van der Waals surface area (Å²) in [5.74, 6) is -0.161. The molecule has 3 rings (SSSR count). The van der Waals surface area contributed by atoms with Crippen LogP contribution in [-0.4, -0.2) is 51.4 Å². The molecule has 0 aliphatic carbocycles. The number of carbonyl (C=O) groups is 1. The second-order valence-corrected chi connectivity index (χ2v) is 6.85. The van der Waals surface area contributed by atoms with Crippen molar-refractivity contribution < 1.29 is 33.4 Å². The molecule has 1 heterocycles. The molecule has 2 aromatic rings. The first kappa shape index (κ1) is 21.0. The van der Waals surface area contributed by atoms with Gasteiger partial charge in [-0.25, -0.2) is 4.39 Å². The van der Waals surface area contributed by atoms with Gasteiger partial charge in [-0.15, -0.1) is 0 Å². The minimum absolute atomic E-state index is 0.0656. The fourth-order valence-corrected chi connectivity index (χ4v) is 3.26. The van der Waals surface area contributed by atoms with E-state index in [0.29, 0.717) is 55.3 Å². The van der Waals surface area contributed by atoms with Crippen molar-refractivity contribution in [2.24, 2.45) is 0 Å². The van der Waals surface area contributed by atoms with Crippen molar-refractivity contribution in [3.05, 3.63) is 64.7 Å². The second-order valence-electron chi connectivity index (χ2n) is 6.85. The van der Waals surface area contributed by atoms with Crippen LogP contribution in [0.2, 0.25) is 0 Å². The molecular formula is C22H25FNO5+. The third kappa shape index (κ3) is 5.00. The number of hydrogen-bond acceptors (Lipinski definition) is 5. The summed E-state index contributed by atoms with van der Waals surface area (Å²) in [6.45, 7) is 2.98. The van der Waals surface area contributed by atoms with E-state index in [9.17, 15) is 14.3 Å². The molecule has 0 spiro atoms. The van der Waals surface area contributed by atoms with E-state index in [1.807, 2.05) is 0 Å². The lowest BCUT2D eigenvalue weighted by Crippen LogP contribution is -3.11. The zero-order chi connectivity index (χ0) is 20.8. The first-order chi connectivity index (χ1) is 14.0. The lowest BCUT2D eigenvalue weighted by atomic mass is 10.0. The summed E-state index contributed by atoms with van der Waals surface area (Å²) in [4.78, 5) is 13.9. The summed E-state index contributed by atoms with van der Waals surface area (Å²) < 4.78 is 29.6. The molecule has 0 amide bonds. The van der Waals surface area contributed by atoms with Crippen LogP contribution in [0.4, 0.5) is 4.39 Å². The molecule has 0 saturated carbocycles. The number of halogens is 1. The number of rotatable bonds is 9. The molecule has 2 N–H and O–H groups in total. The molecule has 0 bridgehead atoms. The lowest BCUT2D eigenvalue weighted by molar-refractivity contribution is -0.914. The highest BCUT2D eigenvalue weighted by Gasteiger charge is 2.32. The number of aromatic hydroxyl groups is 1. The van der Waals surface area contributed by atoms with Crippen molar-refractivity contribution in [1.29, 1.82) is 0 Å². The second kappa shape index (κ2) is 9.65. The number of allylic oxidation sites excluding steroid dienone is 1. The maximum atomic E-state index is 13.5. The van der Waals surface area contributed by atoms with Gasteiger partial charge in [-0.05, 0) is 35.9 Å². The highest BCUT2D eigenvalue weighted by Crippen LogP contribution is 2.39. The van der Waals surface area contributed by atoms with Gasteiger partial charge in [0.2, 0.25) is 5.78 Å². The Morgan fingerprint density at radius 3 is 2.52 bits per heavy atom. The summed E-state index contributed by atoms with van der Waals surface area (Å²) in [5, 5.41) is 10.4. The number of quaternary nitrogens is 1. The van der Waals surface area contributed by atoms with Gasteiger partial charge in [0.1, 0.15) is 31.2 Å². The summed E-state index contributed by atoms with van der Waals surface area (Å²) in [5.41, 5.74) is 1.47. The van der Waals surface area contributed by atoms with Crippen LogP contribution in [0.5, 0.6) is 11.5 Å². The largest absolute Gasteiger partial charge is 0.507 e. The predicted molar refractivity (Wildman–Crippen MR) is 106 cm³/mol. The predicted octanol–water partition coefficient (Wildman–Crippen LogP) is 1.83. The molecule has 1 aliphatic heterocycles. The molecule has 6 nitrogen and oxygen atoms in total. The Hall–Kier alpha value is -2.74. The zero-order valence-electron chi connectivity index (χ0n) is 16.5. The molecule has 0 aromatic heterocycles. The number of methoxy groups -OCH3 is 2. The van der Waals surface area contributed by atoms with E-state index in [1.54, 1.807) is 32.4 Å². The first-order valence-corrected chi connectivity index (χ1v) is 9.39. The van der Waals surface area contributed by atoms with Crippen LogP contribution >= 0.6 is 0 Å². The van der Waals surface area contributed by atoms with Gasteiger partial charge in [-0.2, -0.15) is 0 Å². The van der Waals surface area contributed by atoms with Gasteiger partial charge in [-0.1, -0.05) is 12.1 Å². The van der Waals surface area contributed by atoms with Gasteiger partial charge < -0.3 is 24.2 Å². The Bertz CT molecular complexity index is 904. The number of carbonyl (C=O) groups excluding carboxylic acids is 1. The molecule has 154 valence electrons. The van der Waals surface area contributed by atoms with Crippen LogP contribution in [0.3, 0.4) is 0 Å². The Morgan fingerprint density at radius 1 is 1.14 bits per heavy atom. The highest BCUT2D eigenvalue weighted by molar-refractivity contribution is 6.14. The summed E-state index contributed by atoms with van der Waals surface area (Å²) >= 11 is 0. The lowest BCUT2D eigenvalue weighted by Gasteiger charge is -2.20. The van der Waals surface area contributed by atoms with Gasteiger partial charge >= 0.3 is 0 Å².